The Balaban J connectivity index is 1.35. The van der Waals surface area contributed by atoms with Crippen LogP contribution in [0, 0.1) is 50.7 Å². The highest BCUT2D eigenvalue weighted by Crippen LogP contribution is 2.76. The number of rotatable bonds is 10. The minimum Gasteiger partial charge on any atom is -0.481 e. The van der Waals surface area contributed by atoms with Gasteiger partial charge in [-0.1, -0.05) is 48.5 Å². The van der Waals surface area contributed by atoms with E-state index in [1.807, 2.05) is 12.1 Å². The summed E-state index contributed by atoms with van der Waals surface area (Å²) in [5, 5.41) is 9.64. The molecule has 0 aliphatic heterocycles. The maximum atomic E-state index is 14.3. The summed E-state index contributed by atoms with van der Waals surface area (Å²) in [7, 11) is 6.29. The normalized spacial score (nSPS) is 36.1. The molecule has 1 aromatic heterocycles. The number of ether oxygens (including phenoxy) is 1. The van der Waals surface area contributed by atoms with Gasteiger partial charge in [0.05, 0.1) is 11.8 Å². The first-order chi connectivity index (χ1) is 25.0. The zero-order valence-electron chi connectivity index (χ0n) is 35.6. The van der Waals surface area contributed by atoms with Crippen LogP contribution in [-0.4, -0.2) is 59.0 Å². The molecule has 0 amide bonds. The van der Waals surface area contributed by atoms with Crippen LogP contribution in [0.25, 0.3) is 0 Å². The van der Waals surface area contributed by atoms with E-state index in [9.17, 15) is 24.3 Å². The van der Waals surface area contributed by atoms with Gasteiger partial charge in [0.15, 0.2) is 11.2 Å². The largest absolute Gasteiger partial charge is 0.481 e. The molecule has 1 heterocycles. The highest BCUT2D eigenvalue weighted by atomic mass is 16.5. The SMILES string of the molecule is CC(C)C1=C2[C@H]3CC[C@@H]4[C@@]5(C)CC[C@H](OC(=O)CC(C)(C)C(=O)O)C(C)(C)[C@@H]5CC[C@@]4(C)[C@]3(C)CC[C@@]2(c2cc(=O)cc(CCCN(C)C)n2C)CC1=O. The molecule has 5 aliphatic rings. The van der Waals surface area contributed by atoms with E-state index in [1.165, 1.54) is 5.57 Å². The van der Waals surface area contributed by atoms with E-state index in [-0.39, 0.29) is 57.2 Å². The van der Waals surface area contributed by atoms with E-state index in [4.69, 9.17) is 4.74 Å². The molecule has 1 N–H and O–H groups in total. The van der Waals surface area contributed by atoms with Crippen LogP contribution in [-0.2, 0) is 38.0 Å². The highest BCUT2D eigenvalue weighted by Gasteiger charge is 2.70. The summed E-state index contributed by atoms with van der Waals surface area (Å²) >= 11 is 0. The number of aromatic nitrogens is 1. The van der Waals surface area contributed by atoms with Crippen LogP contribution >= 0.6 is 0 Å². The van der Waals surface area contributed by atoms with Crippen molar-refractivity contribution in [2.24, 2.45) is 57.8 Å². The monoisotopic (exact) mass is 747 g/mol. The minimum absolute atomic E-state index is 0.00838. The fourth-order valence-corrected chi connectivity index (χ4v) is 13.7. The van der Waals surface area contributed by atoms with Crippen molar-refractivity contribution in [2.45, 2.75) is 151 Å². The number of aliphatic carboxylic acids is 1. The van der Waals surface area contributed by atoms with Crippen molar-refractivity contribution in [3.05, 3.63) is 44.9 Å². The van der Waals surface area contributed by atoms with Gasteiger partial charge in [-0.25, -0.2) is 0 Å². The van der Waals surface area contributed by atoms with Gasteiger partial charge in [0, 0.05) is 47.8 Å². The van der Waals surface area contributed by atoms with Gasteiger partial charge >= 0.3 is 11.9 Å². The molecule has 5 aliphatic carbocycles. The van der Waals surface area contributed by atoms with Crippen LogP contribution in [0.2, 0.25) is 0 Å². The average molecular weight is 747 g/mol. The van der Waals surface area contributed by atoms with E-state index >= 15 is 0 Å². The summed E-state index contributed by atoms with van der Waals surface area (Å²) in [6.45, 7) is 20.7. The van der Waals surface area contributed by atoms with Crippen LogP contribution in [0.5, 0.6) is 0 Å². The Morgan fingerprint density at radius 1 is 0.944 bits per heavy atom. The molecule has 8 nitrogen and oxygen atoms in total. The number of allylic oxidation sites excluding steroid dienone is 2. The number of hydrogen-bond donors (Lipinski definition) is 1. The fourth-order valence-electron chi connectivity index (χ4n) is 13.7. The number of fused-ring (bicyclic) bond motifs is 7. The molecule has 0 unspecified atom stereocenters. The van der Waals surface area contributed by atoms with Gasteiger partial charge in [-0.15, -0.1) is 0 Å². The molecule has 54 heavy (non-hydrogen) atoms. The second-order valence-corrected chi connectivity index (χ2v) is 21.0. The number of aryl methyl sites for hydroxylation is 1. The lowest BCUT2D eigenvalue weighted by molar-refractivity contribution is -0.232. The summed E-state index contributed by atoms with van der Waals surface area (Å²) in [6, 6.07) is 3.68. The molecule has 0 bridgehead atoms. The Morgan fingerprint density at radius 2 is 1.63 bits per heavy atom. The number of hydrogen-bond acceptors (Lipinski definition) is 6. The van der Waals surface area contributed by atoms with Gasteiger partial charge in [0.25, 0.3) is 0 Å². The number of carboxylic acids is 1. The number of carbonyl (C=O) groups is 3. The van der Waals surface area contributed by atoms with Crippen molar-refractivity contribution < 1.29 is 24.2 Å². The molecule has 300 valence electrons. The number of carboxylic acid groups (broad SMARTS) is 1. The second kappa shape index (κ2) is 13.7. The third-order valence-corrected chi connectivity index (χ3v) is 16.7. The first-order valence-electron chi connectivity index (χ1n) is 21.0. The Kier molecular flexibility index (Phi) is 10.4. The first-order valence-corrected chi connectivity index (χ1v) is 21.0. The molecular formula is C46H70N2O6. The van der Waals surface area contributed by atoms with Gasteiger partial charge < -0.3 is 19.3 Å². The Morgan fingerprint density at radius 3 is 2.26 bits per heavy atom. The topological polar surface area (TPSA) is 106 Å². The van der Waals surface area contributed by atoms with E-state index in [1.54, 1.807) is 13.8 Å². The minimum atomic E-state index is -1.17. The smallest absolute Gasteiger partial charge is 0.309 e. The van der Waals surface area contributed by atoms with Crippen LogP contribution in [0.15, 0.2) is 28.1 Å². The summed E-state index contributed by atoms with van der Waals surface area (Å²) < 4.78 is 8.47. The van der Waals surface area contributed by atoms with Crippen molar-refractivity contribution in [3.63, 3.8) is 0 Å². The lowest BCUT2D eigenvalue weighted by Crippen LogP contribution is -2.66. The maximum absolute atomic E-state index is 14.3. The van der Waals surface area contributed by atoms with E-state index < -0.39 is 22.8 Å². The predicted molar refractivity (Wildman–Crippen MR) is 213 cm³/mol. The van der Waals surface area contributed by atoms with Crippen molar-refractivity contribution in [1.82, 2.24) is 9.47 Å². The van der Waals surface area contributed by atoms with Gasteiger partial charge in [-0.3, -0.25) is 19.2 Å². The van der Waals surface area contributed by atoms with Gasteiger partial charge in [0.1, 0.15) is 6.10 Å². The lowest BCUT2D eigenvalue weighted by Gasteiger charge is -2.72. The van der Waals surface area contributed by atoms with Crippen LogP contribution < -0.4 is 5.43 Å². The molecule has 0 radical (unpaired) electrons. The molecule has 8 heteroatoms. The number of ketones is 1. The van der Waals surface area contributed by atoms with Crippen LogP contribution in [0.4, 0.5) is 0 Å². The molecule has 4 saturated carbocycles. The summed E-state index contributed by atoms with van der Waals surface area (Å²) in [6.07, 6.45) is 9.83. The van der Waals surface area contributed by atoms with E-state index in [2.05, 4.69) is 79.1 Å². The lowest BCUT2D eigenvalue weighted by atomic mass is 9.33. The molecule has 6 rings (SSSR count). The van der Waals surface area contributed by atoms with Crippen molar-refractivity contribution >= 4 is 17.7 Å². The first kappa shape index (κ1) is 40.9. The molecule has 8 atom stereocenters. The molecular weight excluding hydrogens is 677 g/mol. The number of carbonyl (C=O) groups excluding carboxylic acids is 2. The molecule has 0 spiro atoms. The molecule has 1 aromatic rings. The van der Waals surface area contributed by atoms with Gasteiger partial charge in [-0.05, 0) is 150 Å². The van der Waals surface area contributed by atoms with Crippen LogP contribution in [0.3, 0.4) is 0 Å². The summed E-state index contributed by atoms with van der Waals surface area (Å²) in [5.74, 6) is 0.121. The summed E-state index contributed by atoms with van der Waals surface area (Å²) in [5.41, 5.74) is 2.80. The number of nitrogens with zero attached hydrogens (tertiary/aromatic N) is 2. The third-order valence-electron chi connectivity index (χ3n) is 16.7. The molecule has 0 aromatic carbocycles. The maximum Gasteiger partial charge on any atom is 0.309 e. The van der Waals surface area contributed by atoms with E-state index in [0.717, 1.165) is 87.7 Å². The molecule has 4 fully saturated rings. The van der Waals surface area contributed by atoms with Crippen LogP contribution in [0.1, 0.15) is 144 Å². The standard InChI is InChI=1S/C46H70N2O6/c1-28(2)38-32(50)26-46(35-25-30(49)24-29(48(35)12)14-13-23-47(10)11)22-21-44(8)31(39(38)46)15-16-34-43(7)19-18-36(54-37(51)27-41(3,4)40(52)53)42(5,6)33(43)17-20-45(34,44)9/h24-25,28,31,33-34,36H,13-23,26-27H2,1-12H3,(H,52,53)/t31-,33+,34-,36+,43+,44-,45-,46+/m1/s1. The quantitative estimate of drug-likeness (QED) is 0.239. The zero-order chi connectivity index (χ0) is 40.0. The third kappa shape index (κ3) is 6.18. The predicted octanol–water partition coefficient (Wildman–Crippen LogP) is 8.52. The number of pyridine rings is 1. The van der Waals surface area contributed by atoms with Gasteiger partial charge in [-0.2, -0.15) is 0 Å². The Bertz CT molecular complexity index is 1780. The highest BCUT2D eigenvalue weighted by molar-refractivity contribution is 6.01. The number of esters is 1. The average Bonchev–Trinajstić information content (AvgIpc) is 3.36. The molecule has 0 saturated heterocycles. The second-order valence-electron chi connectivity index (χ2n) is 21.0. The number of Topliss-reactive ketones (excluding diaryl/α,β-unsaturated/α-hetero) is 1. The zero-order valence-corrected chi connectivity index (χ0v) is 35.6. The Labute approximate surface area is 324 Å². The summed E-state index contributed by atoms with van der Waals surface area (Å²) in [4.78, 5) is 54.9. The van der Waals surface area contributed by atoms with Crippen molar-refractivity contribution in [2.75, 3.05) is 20.6 Å². The van der Waals surface area contributed by atoms with Crippen molar-refractivity contribution in [1.29, 1.82) is 0 Å². The fraction of sp³-hybridized carbons (Fsp3) is 0.783. The Hall–Kier alpha value is -2.74. The van der Waals surface area contributed by atoms with E-state index in [0.29, 0.717) is 18.3 Å². The van der Waals surface area contributed by atoms with Crippen molar-refractivity contribution in [3.8, 4) is 0 Å². The van der Waals surface area contributed by atoms with Gasteiger partial charge in [0.2, 0.25) is 0 Å².